The molecule has 0 aliphatic heterocycles. The Bertz CT molecular complexity index is 1060. The van der Waals surface area contributed by atoms with E-state index in [9.17, 15) is 5.11 Å². The first-order chi connectivity index (χ1) is 13.2. The average molecular weight is 381 g/mol. The lowest BCUT2D eigenvalue weighted by Crippen LogP contribution is -2.13. The zero-order chi connectivity index (χ0) is 18.8. The van der Waals surface area contributed by atoms with Gasteiger partial charge < -0.3 is 15.2 Å². The molecule has 0 radical (unpaired) electrons. The topological polar surface area (TPSA) is 85.1 Å². The molecule has 3 aromatic heterocycles. The van der Waals surface area contributed by atoms with Gasteiger partial charge in [0.1, 0.15) is 22.7 Å². The highest BCUT2D eigenvalue weighted by atomic mass is 32.1. The first kappa shape index (κ1) is 17.4. The van der Waals surface area contributed by atoms with Crippen molar-refractivity contribution in [1.29, 1.82) is 0 Å². The lowest BCUT2D eigenvalue weighted by molar-refractivity contribution is 0.191. The summed E-state index contributed by atoms with van der Waals surface area (Å²) in [5, 5.41) is 20.8. The highest BCUT2D eigenvalue weighted by molar-refractivity contribution is 7.17. The summed E-state index contributed by atoms with van der Waals surface area (Å²) in [5.41, 5.74) is 2.88. The Labute approximate surface area is 160 Å². The molecular weight excluding hydrogens is 362 g/mol. The molecule has 1 atom stereocenters. The molecule has 0 saturated heterocycles. The third-order valence-corrected chi connectivity index (χ3v) is 5.23. The molecule has 0 aliphatic rings. The number of methoxy groups -OCH3 is 1. The van der Waals surface area contributed by atoms with Crippen molar-refractivity contribution in [2.24, 2.45) is 7.05 Å². The standard InChI is InChI=1S/C19H19N5O2S/c1-24-9-13(7-23-24)16(25)8-20-18-17-15(10-27-19(17)22-11-21-18)12-3-5-14(26-2)6-4-12/h3-7,9-11,16,25H,8H2,1-2H3,(H,20,21,22). The van der Waals surface area contributed by atoms with Crippen molar-refractivity contribution >= 4 is 27.4 Å². The average Bonchev–Trinajstić information content (AvgIpc) is 3.33. The summed E-state index contributed by atoms with van der Waals surface area (Å²) in [7, 11) is 3.47. The number of aliphatic hydroxyl groups excluding tert-OH is 1. The molecule has 8 heteroatoms. The van der Waals surface area contributed by atoms with Crippen LogP contribution in [-0.2, 0) is 7.05 Å². The zero-order valence-corrected chi connectivity index (χ0v) is 15.8. The lowest BCUT2D eigenvalue weighted by atomic mass is 10.1. The number of hydrogen-bond acceptors (Lipinski definition) is 7. The molecule has 0 spiro atoms. The number of hydrogen-bond donors (Lipinski definition) is 2. The zero-order valence-electron chi connectivity index (χ0n) is 15.0. The van der Waals surface area contributed by atoms with Crippen molar-refractivity contribution in [2.75, 3.05) is 19.0 Å². The Kier molecular flexibility index (Phi) is 4.74. The number of rotatable bonds is 6. The van der Waals surface area contributed by atoms with Gasteiger partial charge in [0.05, 0.1) is 24.8 Å². The number of aromatic nitrogens is 4. The van der Waals surface area contributed by atoms with E-state index in [1.54, 1.807) is 35.5 Å². The maximum Gasteiger partial charge on any atom is 0.138 e. The van der Waals surface area contributed by atoms with Crippen molar-refractivity contribution < 1.29 is 9.84 Å². The maximum atomic E-state index is 10.4. The molecule has 1 unspecified atom stereocenters. The minimum absolute atomic E-state index is 0.329. The van der Waals surface area contributed by atoms with E-state index in [4.69, 9.17) is 4.74 Å². The largest absolute Gasteiger partial charge is 0.497 e. The highest BCUT2D eigenvalue weighted by Gasteiger charge is 2.15. The van der Waals surface area contributed by atoms with Gasteiger partial charge in [0.25, 0.3) is 0 Å². The van der Waals surface area contributed by atoms with Gasteiger partial charge in [-0.1, -0.05) is 12.1 Å². The molecule has 0 bridgehead atoms. The molecule has 0 saturated carbocycles. The van der Waals surface area contributed by atoms with Crippen molar-refractivity contribution in [3.8, 4) is 16.9 Å². The van der Waals surface area contributed by atoms with E-state index in [0.29, 0.717) is 12.4 Å². The molecule has 4 rings (SSSR count). The number of fused-ring (bicyclic) bond motifs is 1. The van der Waals surface area contributed by atoms with Crippen LogP contribution in [0.4, 0.5) is 5.82 Å². The molecule has 1 aromatic carbocycles. The second-order valence-electron chi connectivity index (χ2n) is 6.12. The summed E-state index contributed by atoms with van der Waals surface area (Å²) in [4.78, 5) is 9.67. The van der Waals surface area contributed by atoms with E-state index < -0.39 is 6.10 Å². The lowest BCUT2D eigenvalue weighted by Gasteiger charge is -2.12. The number of aryl methyl sites for hydroxylation is 1. The Hall–Kier alpha value is -2.97. The second kappa shape index (κ2) is 7.34. The predicted octanol–water partition coefficient (Wildman–Crippen LogP) is 3.25. The summed E-state index contributed by atoms with van der Waals surface area (Å²) in [6.07, 6.45) is 4.33. The van der Waals surface area contributed by atoms with Gasteiger partial charge in [0.15, 0.2) is 0 Å². The van der Waals surface area contributed by atoms with E-state index >= 15 is 0 Å². The van der Waals surface area contributed by atoms with Crippen molar-refractivity contribution in [3.05, 3.63) is 53.9 Å². The molecule has 7 nitrogen and oxygen atoms in total. The molecule has 27 heavy (non-hydrogen) atoms. The number of benzene rings is 1. The first-order valence-electron chi connectivity index (χ1n) is 8.43. The minimum atomic E-state index is -0.674. The highest BCUT2D eigenvalue weighted by Crippen LogP contribution is 2.37. The van der Waals surface area contributed by atoms with E-state index in [1.165, 1.54) is 6.33 Å². The van der Waals surface area contributed by atoms with Crippen LogP contribution in [-0.4, -0.2) is 38.5 Å². The second-order valence-corrected chi connectivity index (χ2v) is 6.98. The fraction of sp³-hybridized carbons (Fsp3) is 0.211. The van der Waals surface area contributed by atoms with Crippen molar-refractivity contribution in [3.63, 3.8) is 0 Å². The van der Waals surface area contributed by atoms with E-state index in [1.807, 2.05) is 31.3 Å². The Balaban J connectivity index is 1.63. The van der Waals surface area contributed by atoms with Crippen LogP contribution in [0, 0.1) is 0 Å². The van der Waals surface area contributed by atoms with Gasteiger partial charge in [-0.05, 0) is 17.7 Å². The molecule has 2 N–H and O–H groups in total. The molecule has 0 aliphatic carbocycles. The number of aliphatic hydroxyl groups is 1. The quantitative estimate of drug-likeness (QED) is 0.533. The van der Waals surface area contributed by atoms with Crippen LogP contribution in [0.2, 0.25) is 0 Å². The van der Waals surface area contributed by atoms with Gasteiger partial charge >= 0.3 is 0 Å². The summed E-state index contributed by atoms with van der Waals surface area (Å²) < 4.78 is 6.91. The number of anilines is 1. The SMILES string of the molecule is COc1ccc(-c2csc3ncnc(NCC(O)c4cnn(C)c4)c23)cc1. The fourth-order valence-corrected chi connectivity index (χ4v) is 3.83. The van der Waals surface area contributed by atoms with Crippen molar-refractivity contribution in [1.82, 2.24) is 19.7 Å². The van der Waals surface area contributed by atoms with Gasteiger partial charge in [-0.25, -0.2) is 9.97 Å². The summed E-state index contributed by atoms with van der Waals surface area (Å²) >= 11 is 1.57. The number of nitrogens with zero attached hydrogens (tertiary/aromatic N) is 4. The third-order valence-electron chi connectivity index (χ3n) is 4.34. The van der Waals surface area contributed by atoms with Gasteiger partial charge in [-0.3, -0.25) is 4.68 Å². The van der Waals surface area contributed by atoms with Crippen LogP contribution in [0.15, 0.2) is 48.4 Å². The number of thiophene rings is 1. The van der Waals surface area contributed by atoms with Crippen LogP contribution in [0.25, 0.3) is 21.3 Å². The van der Waals surface area contributed by atoms with Crippen LogP contribution >= 0.6 is 11.3 Å². The van der Waals surface area contributed by atoms with Gasteiger partial charge in [-0.15, -0.1) is 11.3 Å². The van der Waals surface area contributed by atoms with Crippen LogP contribution in [0.5, 0.6) is 5.75 Å². The third kappa shape index (κ3) is 3.49. The van der Waals surface area contributed by atoms with Crippen LogP contribution in [0.3, 0.4) is 0 Å². The number of nitrogens with one attached hydrogen (secondary N) is 1. The summed E-state index contributed by atoms with van der Waals surface area (Å²) in [5.74, 6) is 1.52. The van der Waals surface area contributed by atoms with Crippen LogP contribution in [0.1, 0.15) is 11.7 Å². The smallest absolute Gasteiger partial charge is 0.138 e. The normalized spacial score (nSPS) is 12.3. The van der Waals surface area contributed by atoms with Crippen LogP contribution < -0.4 is 10.1 Å². The Morgan fingerprint density at radius 2 is 2.07 bits per heavy atom. The number of ether oxygens (including phenoxy) is 1. The Morgan fingerprint density at radius 3 is 2.78 bits per heavy atom. The van der Waals surface area contributed by atoms with E-state index in [2.05, 4.69) is 25.8 Å². The van der Waals surface area contributed by atoms with Gasteiger partial charge in [0, 0.05) is 36.3 Å². The summed E-state index contributed by atoms with van der Waals surface area (Å²) in [6.45, 7) is 0.329. The van der Waals surface area contributed by atoms with E-state index in [0.717, 1.165) is 32.7 Å². The molecular formula is C19H19N5O2S. The molecule has 0 amide bonds. The fourth-order valence-electron chi connectivity index (χ4n) is 2.92. The van der Waals surface area contributed by atoms with Gasteiger partial charge in [0.2, 0.25) is 0 Å². The monoisotopic (exact) mass is 381 g/mol. The van der Waals surface area contributed by atoms with E-state index in [-0.39, 0.29) is 0 Å². The molecule has 138 valence electrons. The Morgan fingerprint density at radius 1 is 1.26 bits per heavy atom. The maximum absolute atomic E-state index is 10.4. The molecule has 4 aromatic rings. The minimum Gasteiger partial charge on any atom is -0.497 e. The predicted molar refractivity (Wildman–Crippen MR) is 106 cm³/mol. The van der Waals surface area contributed by atoms with Crippen molar-refractivity contribution in [2.45, 2.75) is 6.10 Å². The molecule has 0 fully saturated rings. The first-order valence-corrected chi connectivity index (χ1v) is 9.31. The molecule has 3 heterocycles. The van der Waals surface area contributed by atoms with Gasteiger partial charge in [-0.2, -0.15) is 5.10 Å². The summed E-state index contributed by atoms with van der Waals surface area (Å²) in [6, 6.07) is 7.90.